The molecule has 2 rings (SSSR count). The first-order valence-corrected chi connectivity index (χ1v) is 7.09. The molecule has 23 heavy (non-hydrogen) atoms. The van der Waals surface area contributed by atoms with Crippen LogP contribution in [0.1, 0.15) is 20.3 Å². The van der Waals surface area contributed by atoms with Crippen molar-refractivity contribution >= 4 is 22.7 Å². The molecule has 0 aromatic heterocycles. The molecule has 2 aromatic rings. The predicted molar refractivity (Wildman–Crippen MR) is 84.3 cm³/mol. The van der Waals surface area contributed by atoms with E-state index in [-0.39, 0.29) is 29.4 Å². The number of ether oxygens (including phenoxy) is 4. The first-order chi connectivity index (χ1) is 11.0. The summed E-state index contributed by atoms with van der Waals surface area (Å²) in [6.45, 7) is 2.99. The van der Waals surface area contributed by atoms with E-state index in [2.05, 4.69) is 0 Å². The van der Waals surface area contributed by atoms with Gasteiger partial charge in [0.15, 0.2) is 11.5 Å². The van der Waals surface area contributed by atoms with Crippen molar-refractivity contribution in [3.05, 3.63) is 24.3 Å². The molecule has 6 heteroatoms. The molecule has 0 bridgehead atoms. The van der Waals surface area contributed by atoms with Gasteiger partial charge < -0.3 is 18.9 Å². The predicted octanol–water partition coefficient (Wildman–Crippen LogP) is 3.10. The van der Waals surface area contributed by atoms with Crippen molar-refractivity contribution in [1.82, 2.24) is 0 Å². The Morgan fingerprint density at radius 3 is 1.74 bits per heavy atom. The van der Waals surface area contributed by atoms with E-state index < -0.39 is 11.9 Å². The Kier molecular flexibility index (Phi) is 5.05. The van der Waals surface area contributed by atoms with E-state index in [9.17, 15) is 9.59 Å². The van der Waals surface area contributed by atoms with Crippen LogP contribution in [0, 0.1) is 0 Å². The van der Waals surface area contributed by atoms with Crippen molar-refractivity contribution in [2.45, 2.75) is 20.3 Å². The summed E-state index contributed by atoms with van der Waals surface area (Å²) in [6.07, 6.45) is 0.214. The van der Waals surface area contributed by atoms with Crippen LogP contribution in [-0.2, 0) is 9.59 Å². The lowest BCUT2D eigenvalue weighted by Crippen LogP contribution is -2.10. The van der Waals surface area contributed by atoms with Gasteiger partial charge in [0.05, 0.1) is 14.2 Å². The summed E-state index contributed by atoms with van der Waals surface area (Å²) in [6, 6.07) is 7.07. The molecule has 0 N–H and O–H groups in total. The summed E-state index contributed by atoms with van der Waals surface area (Å²) in [5, 5.41) is 1.17. The molecule has 0 saturated heterocycles. The van der Waals surface area contributed by atoms with Crippen LogP contribution in [0.2, 0.25) is 0 Å². The number of benzene rings is 2. The lowest BCUT2D eigenvalue weighted by Gasteiger charge is -2.18. The standard InChI is InChI=1S/C17H18O6/c1-5-13(19)23-15-12-9-7-6-8-11(12)14(22-10(2)18)16(20-3)17(15)21-4/h6-9H,5H2,1-4H3. The van der Waals surface area contributed by atoms with Crippen molar-refractivity contribution in [3.63, 3.8) is 0 Å². The van der Waals surface area contributed by atoms with Crippen LogP contribution in [0.5, 0.6) is 23.0 Å². The molecule has 0 spiro atoms. The first-order valence-electron chi connectivity index (χ1n) is 7.09. The Bertz CT molecular complexity index is 750. The number of rotatable bonds is 5. The monoisotopic (exact) mass is 318 g/mol. The summed E-state index contributed by atoms with van der Waals surface area (Å²) in [4.78, 5) is 23.2. The average molecular weight is 318 g/mol. The normalized spacial score (nSPS) is 10.3. The third-order valence-corrected chi connectivity index (χ3v) is 3.19. The highest BCUT2D eigenvalue weighted by Gasteiger charge is 2.25. The van der Waals surface area contributed by atoms with Crippen LogP contribution in [-0.4, -0.2) is 26.2 Å². The second-order valence-electron chi connectivity index (χ2n) is 4.69. The third-order valence-electron chi connectivity index (χ3n) is 3.19. The SMILES string of the molecule is CCC(=O)Oc1c(OC)c(OC)c(OC(C)=O)c2ccccc12. The zero-order valence-corrected chi connectivity index (χ0v) is 13.5. The van der Waals surface area contributed by atoms with Crippen LogP contribution in [0.3, 0.4) is 0 Å². The van der Waals surface area contributed by atoms with Gasteiger partial charge in [-0.15, -0.1) is 0 Å². The molecule has 0 aliphatic rings. The smallest absolute Gasteiger partial charge is 0.311 e. The van der Waals surface area contributed by atoms with Gasteiger partial charge in [-0.2, -0.15) is 0 Å². The molecule has 0 aliphatic carbocycles. The van der Waals surface area contributed by atoms with Gasteiger partial charge in [-0.25, -0.2) is 0 Å². The summed E-state index contributed by atoms with van der Waals surface area (Å²) < 4.78 is 21.4. The number of fused-ring (bicyclic) bond motifs is 1. The Balaban J connectivity index is 2.84. The fourth-order valence-electron chi connectivity index (χ4n) is 2.23. The molecule has 0 aliphatic heterocycles. The Morgan fingerprint density at radius 1 is 0.870 bits per heavy atom. The molecular weight excluding hydrogens is 300 g/mol. The summed E-state index contributed by atoms with van der Waals surface area (Å²) in [7, 11) is 2.85. The fourth-order valence-corrected chi connectivity index (χ4v) is 2.23. The molecule has 0 radical (unpaired) electrons. The molecule has 0 saturated carbocycles. The molecule has 122 valence electrons. The third kappa shape index (κ3) is 3.21. The topological polar surface area (TPSA) is 71.1 Å². The average Bonchev–Trinajstić information content (AvgIpc) is 2.55. The molecule has 0 heterocycles. The Morgan fingerprint density at radius 2 is 1.35 bits per heavy atom. The van der Waals surface area contributed by atoms with Crippen LogP contribution < -0.4 is 18.9 Å². The van der Waals surface area contributed by atoms with E-state index in [1.807, 2.05) is 0 Å². The van der Waals surface area contributed by atoms with Gasteiger partial charge in [-0.05, 0) is 0 Å². The highest BCUT2D eigenvalue weighted by molar-refractivity contribution is 6.01. The zero-order valence-electron chi connectivity index (χ0n) is 13.5. The molecule has 0 amide bonds. The second kappa shape index (κ2) is 7.00. The van der Waals surface area contributed by atoms with Crippen LogP contribution >= 0.6 is 0 Å². The number of hydrogen-bond acceptors (Lipinski definition) is 6. The van der Waals surface area contributed by atoms with Crippen molar-refractivity contribution in [3.8, 4) is 23.0 Å². The number of esters is 2. The summed E-state index contributed by atoms with van der Waals surface area (Å²) in [5.74, 6) is -0.0412. The second-order valence-corrected chi connectivity index (χ2v) is 4.69. The molecular formula is C17H18O6. The van der Waals surface area contributed by atoms with Gasteiger partial charge in [-0.3, -0.25) is 9.59 Å². The number of methoxy groups -OCH3 is 2. The number of hydrogen-bond donors (Lipinski definition) is 0. The van der Waals surface area contributed by atoms with Crippen molar-refractivity contribution < 1.29 is 28.5 Å². The molecule has 2 aromatic carbocycles. The van der Waals surface area contributed by atoms with Crippen LogP contribution in [0.25, 0.3) is 10.8 Å². The van der Waals surface area contributed by atoms with E-state index in [0.717, 1.165) is 0 Å². The van der Waals surface area contributed by atoms with Gasteiger partial charge in [0.1, 0.15) is 0 Å². The maximum absolute atomic E-state index is 11.8. The van der Waals surface area contributed by atoms with Crippen molar-refractivity contribution in [2.75, 3.05) is 14.2 Å². The van der Waals surface area contributed by atoms with E-state index in [0.29, 0.717) is 10.8 Å². The van der Waals surface area contributed by atoms with E-state index >= 15 is 0 Å². The maximum Gasteiger partial charge on any atom is 0.311 e. The Labute approximate surface area is 133 Å². The minimum Gasteiger partial charge on any atom is -0.490 e. The van der Waals surface area contributed by atoms with Crippen molar-refractivity contribution in [2.24, 2.45) is 0 Å². The lowest BCUT2D eigenvalue weighted by atomic mass is 10.1. The van der Waals surface area contributed by atoms with Crippen LogP contribution in [0.15, 0.2) is 24.3 Å². The fraction of sp³-hybridized carbons (Fsp3) is 0.294. The highest BCUT2D eigenvalue weighted by atomic mass is 16.6. The molecule has 0 atom stereocenters. The zero-order chi connectivity index (χ0) is 17.0. The quantitative estimate of drug-likeness (QED) is 0.623. The minimum atomic E-state index is -0.492. The van der Waals surface area contributed by atoms with Gasteiger partial charge in [0, 0.05) is 24.1 Å². The number of carbonyl (C=O) groups excluding carboxylic acids is 2. The summed E-state index contributed by atoms with van der Waals surface area (Å²) >= 11 is 0. The van der Waals surface area contributed by atoms with E-state index in [1.54, 1.807) is 31.2 Å². The minimum absolute atomic E-state index is 0.195. The Hall–Kier alpha value is -2.76. The van der Waals surface area contributed by atoms with Gasteiger partial charge >= 0.3 is 11.9 Å². The van der Waals surface area contributed by atoms with Crippen LogP contribution in [0.4, 0.5) is 0 Å². The van der Waals surface area contributed by atoms with Gasteiger partial charge in [-0.1, -0.05) is 31.2 Å². The summed E-state index contributed by atoms with van der Waals surface area (Å²) in [5.41, 5.74) is 0. The van der Waals surface area contributed by atoms with E-state index in [4.69, 9.17) is 18.9 Å². The molecule has 0 unspecified atom stereocenters. The highest BCUT2D eigenvalue weighted by Crippen LogP contribution is 2.51. The first kappa shape index (κ1) is 16.6. The van der Waals surface area contributed by atoms with Crippen molar-refractivity contribution in [1.29, 1.82) is 0 Å². The lowest BCUT2D eigenvalue weighted by molar-refractivity contribution is -0.134. The molecule has 6 nitrogen and oxygen atoms in total. The van der Waals surface area contributed by atoms with E-state index in [1.165, 1.54) is 21.1 Å². The maximum atomic E-state index is 11.8. The molecule has 0 fully saturated rings. The largest absolute Gasteiger partial charge is 0.490 e. The van der Waals surface area contributed by atoms with Gasteiger partial charge in [0.2, 0.25) is 11.5 Å². The van der Waals surface area contributed by atoms with Gasteiger partial charge in [0.25, 0.3) is 0 Å². The number of carbonyl (C=O) groups is 2.